The van der Waals surface area contributed by atoms with Crippen LogP contribution in [0, 0.1) is 0 Å². The Kier molecular flexibility index (Phi) is 15.3. The molecule has 0 amide bonds. The molecule has 0 bridgehead atoms. The van der Waals surface area contributed by atoms with Gasteiger partial charge in [0.05, 0.1) is 13.2 Å². The quantitative estimate of drug-likeness (QED) is 0.154. The number of hydrogen-bond acceptors (Lipinski definition) is 8. The molecule has 0 spiro atoms. The average molecular weight is 719 g/mol. The van der Waals surface area contributed by atoms with Crippen LogP contribution in [0.2, 0.25) is 0 Å². The number of phenols is 2. The maximum absolute atomic E-state index is 11.4. The van der Waals surface area contributed by atoms with Crippen LogP contribution in [0.5, 0.6) is 11.5 Å². The molecular formula is C32H54NiO10P2. The van der Waals surface area contributed by atoms with Crippen LogP contribution in [-0.4, -0.2) is 34.2 Å². The second-order valence-corrected chi connectivity index (χ2v) is 18.0. The summed E-state index contributed by atoms with van der Waals surface area (Å²) >= 11 is 0. The van der Waals surface area contributed by atoms with E-state index in [0.717, 1.165) is 47.6 Å². The summed E-state index contributed by atoms with van der Waals surface area (Å²) in [6.45, 7) is 23.9. The van der Waals surface area contributed by atoms with E-state index in [-0.39, 0.29) is 62.9 Å². The SMILES string of the molecule is COP(=O)(O)OCc1cc(C(C)(C)C)c(O)c(C(C)(C)C)c1.COP(=O)(O)OCc1cc(C(C)(C)C)c(O)c(C(C)(C)C)c1.[Ni]. The zero-order valence-corrected chi connectivity index (χ0v) is 31.9. The van der Waals surface area contributed by atoms with Crippen LogP contribution in [0.4, 0.5) is 0 Å². The Labute approximate surface area is 280 Å². The van der Waals surface area contributed by atoms with E-state index in [2.05, 4.69) is 9.05 Å². The molecule has 0 saturated heterocycles. The van der Waals surface area contributed by atoms with Crippen LogP contribution in [-0.2, 0) is 78.6 Å². The van der Waals surface area contributed by atoms with E-state index in [1.54, 1.807) is 24.3 Å². The van der Waals surface area contributed by atoms with Gasteiger partial charge in [0.25, 0.3) is 0 Å². The Bertz CT molecular complexity index is 1200. The Hall–Kier alpha value is -1.25. The molecule has 10 nitrogen and oxygen atoms in total. The number of aromatic hydroxyl groups is 2. The summed E-state index contributed by atoms with van der Waals surface area (Å²) in [5.74, 6) is 0.533. The summed E-state index contributed by atoms with van der Waals surface area (Å²) in [5.41, 5.74) is 3.53. The van der Waals surface area contributed by atoms with Crippen molar-refractivity contribution in [3.05, 3.63) is 57.6 Å². The fraction of sp³-hybridized carbons (Fsp3) is 0.625. The van der Waals surface area contributed by atoms with Gasteiger partial charge < -0.3 is 20.0 Å². The summed E-state index contributed by atoms with van der Waals surface area (Å²) in [6, 6.07) is 7.22. The number of benzene rings is 2. The molecule has 0 fully saturated rings. The molecule has 0 heterocycles. The smallest absolute Gasteiger partial charge is 0.472 e. The Morgan fingerprint density at radius 3 is 0.889 bits per heavy atom. The van der Waals surface area contributed by atoms with Crippen molar-refractivity contribution >= 4 is 15.6 Å². The van der Waals surface area contributed by atoms with Crippen molar-refractivity contribution in [3.8, 4) is 11.5 Å². The van der Waals surface area contributed by atoms with Crippen LogP contribution >= 0.6 is 15.6 Å². The van der Waals surface area contributed by atoms with Crippen molar-refractivity contribution in [2.75, 3.05) is 14.2 Å². The van der Waals surface area contributed by atoms with Gasteiger partial charge in [0.15, 0.2) is 0 Å². The van der Waals surface area contributed by atoms with E-state index >= 15 is 0 Å². The first-order chi connectivity index (χ1) is 19.6. The molecule has 0 aliphatic rings. The summed E-state index contributed by atoms with van der Waals surface area (Å²) in [6.07, 6.45) is 0. The average Bonchev–Trinajstić information content (AvgIpc) is 2.85. The van der Waals surface area contributed by atoms with Crippen LogP contribution in [0.15, 0.2) is 24.3 Å². The van der Waals surface area contributed by atoms with Gasteiger partial charge in [-0.25, -0.2) is 9.13 Å². The van der Waals surface area contributed by atoms with Crippen LogP contribution in [0.3, 0.4) is 0 Å². The van der Waals surface area contributed by atoms with Crippen molar-refractivity contribution in [2.45, 2.75) is 118 Å². The molecule has 4 N–H and O–H groups in total. The third-order valence-corrected chi connectivity index (χ3v) is 8.66. The molecule has 0 aliphatic carbocycles. The van der Waals surface area contributed by atoms with Crippen LogP contribution in [0.1, 0.15) is 116 Å². The standard InChI is InChI=1S/2C16H27O5P.Ni/c2*1-15(2,3)12-8-11(10-21-22(18,19)20-7)9-13(14(12)17)16(4,5)6;/h2*8-9,17H,10H2,1-7H3,(H,18,19);. The fourth-order valence-electron chi connectivity index (χ4n) is 4.26. The van der Waals surface area contributed by atoms with E-state index in [1.807, 2.05) is 83.1 Å². The Balaban J connectivity index is 0.000000842. The van der Waals surface area contributed by atoms with Gasteiger partial charge in [-0.3, -0.25) is 18.1 Å². The van der Waals surface area contributed by atoms with E-state index in [9.17, 15) is 29.1 Å². The summed E-state index contributed by atoms with van der Waals surface area (Å²) in [7, 11) is -5.80. The van der Waals surface area contributed by atoms with Gasteiger partial charge in [-0.05, 0) is 79.3 Å². The van der Waals surface area contributed by atoms with Gasteiger partial charge in [-0.15, -0.1) is 0 Å². The second-order valence-electron chi connectivity index (χ2n) is 14.9. The molecule has 2 aromatic rings. The molecule has 0 aliphatic heterocycles. The Morgan fingerprint density at radius 2 is 0.733 bits per heavy atom. The first-order valence-electron chi connectivity index (χ1n) is 14.4. The largest absolute Gasteiger partial charge is 0.507 e. The van der Waals surface area contributed by atoms with Gasteiger partial charge >= 0.3 is 15.6 Å². The number of phosphoric ester groups is 2. The molecule has 0 aromatic heterocycles. The van der Waals surface area contributed by atoms with E-state index in [0.29, 0.717) is 0 Å². The summed E-state index contributed by atoms with van der Waals surface area (Å²) in [5, 5.41) is 21.2. The van der Waals surface area contributed by atoms with Crippen molar-refractivity contribution in [3.63, 3.8) is 0 Å². The van der Waals surface area contributed by atoms with Crippen LogP contribution < -0.4 is 0 Å². The molecule has 45 heavy (non-hydrogen) atoms. The van der Waals surface area contributed by atoms with Gasteiger partial charge in [-0.2, -0.15) is 0 Å². The van der Waals surface area contributed by atoms with Gasteiger partial charge in [-0.1, -0.05) is 83.1 Å². The Morgan fingerprint density at radius 1 is 0.533 bits per heavy atom. The summed E-state index contributed by atoms with van der Waals surface area (Å²) < 4.78 is 41.6. The number of hydrogen-bond donors (Lipinski definition) is 4. The van der Waals surface area contributed by atoms with Crippen molar-refractivity contribution in [1.29, 1.82) is 0 Å². The molecule has 2 aromatic carbocycles. The first kappa shape index (κ1) is 43.8. The molecular weight excluding hydrogens is 665 g/mol. The maximum atomic E-state index is 11.4. The minimum atomic E-state index is -4.02. The predicted molar refractivity (Wildman–Crippen MR) is 174 cm³/mol. The molecule has 13 heteroatoms. The van der Waals surface area contributed by atoms with Crippen LogP contribution in [0.25, 0.3) is 0 Å². The van der Waals surface area contributed by atoms with Crippen molar-refractivity contribution < 1.29 is 63.7 Å². The minimum absolute atomic E-state index is 0. The zero-order chi connectivity index (χ0) is 34.7. The maximum Gasteiger partial charge on any atom is 0.472 e. The monoisotopic (exact) mass is 718 g/mol. The number of phosphoric acid groups is 2. The predicted octanol–water partition coefficient (Wildman–Crippen LogP) is 8.50. The third-order valence-electron chi connectivity index (χ3n) is 6.82. The normalized spacial score (nSPS) is 15.3. The molecule has 0 radical (unpaired) electrons. The van der Waals surface area contributed by atoms with Gasteiger partial charge in [0.1, 0.15) is 11.5 Å². The fourth-order valence-corrected chi connectivity index (χ4v) is 5.09. The molecule has 262 valence electrons. The number of phenolic OH excluding ortho intramolecular Hbond substituents is 2. The molecule has 2 atom stereocenters. The topological polar surface area (TPSA) is 152 Å². The second kappa shape index (κ2) is 15.8. The zero-order valence-electron chi connectivity index (χ0n) is 29.2. The van der Waals surface area contributed by atoms with Gasteiger partial charge in [0, 0.05) is 30.7 Å². The van der Waals surface area contributed by atoms with E-state index in [4.69, 9.17) is 9.05 Å². The molecule has 2 rings (SSSR count). The third kappa shape index (κ3) is 13.4. The first-order valence-corrected chi connectivity index (χ1v) is 17.3. The molecule has 0 saturated carbocycles. The minimum Gasteiger partial charge on any atom is -0.507 e. The number of rotatable bonds is 8. The van der Waals surface area contributed by atoms with E-state index in [1.165, 1.54) is 0 Å². The molecule has 2 unspecified atom stereocenters. The van der Waals surface area contributed by atoms with Crippen molar-refractivity contribution in [1.82, 2.24) is 0 Å². The van der Waals surface area contributed by atoms with E-state index < -0.39 is 15.6 Å². The summed E-state index contributed by atoms with van der Waals surface area (Å²) in [4.78, 5) is 18.7. The van der Waals surface area contributed by atoms with Gasteiger partial charge in [0.2, 0.25) is 0 Å². The van der Waals surface area contributed by atoms with Crippen molar-refractivity contribution in [2.24, 2.45) is 0 Å².